The van der Waals surface area contributed by atoms with Crippen molar-refractivity contribution in [2.45, 2.75) is 19.9 Å². The molecule has 4 heteroatoms. The van der Waals surface area contributed by atoms with Crippen molar-refractivity contribution < 1.29 is 4.79 Å². The Morgan fingerprint density at radius 1 is 1.14 bits per heavy atom. The summed E-state index contributed by atoms with van der Waals surface area (Å²) in [7, 11) is 0. The SMILES string of the molecule is Cc1ccc(CNCCC(=O)Nc2cccc(Cl)c2)cc1. The van der Waals surface area contributed by atoms with E-state index in [0.29, 0.717) is 18.0 Å². The first-order valence-corrected chi connectivity index (χ1v) is 7.33. The molecule has 0 saturated heterocycles. The minimum atomic E-state index is -0.0197. The number of nitrogens with one attached hydrogen (secondary N) is 2. The molecule has 110 valence electrons. The lowest BCUT2D eigenvalue weighted by atomic mass is 10.1. The van der Waals surface area contributed by atoms with Gasteiger partial charge in [0, 0.05) is 30.2 Å². The van der Waals surface area contributed by atoms with Gasteiger partial charge in [0.15, 0.2) is 0 Å². The second-order valence-electron chi connectivity index (χ2n) is 4.97. The van der Waals surface area contributed by atoms with E-state index in [-0.39, 0.29) is 5.91 Å². The second-order valence-corrected chi connectivity index (χ2v) is 5.41. The second kappa shape index (κ2) is 7.81. The molecule has 2 aromatic rings. The van der Waals surface area contributed by atoms with E-state index in [1.165, 1.54) is 11.1 Å². The number of anilines is 1. The maximum Gasteiger partial charge on any atom is 0.225 e. The molecule has 2 N–H and O–H groups in total. The normalized spacial score (nSPS) is 10.4. The number of carbonyl (C=O) groups excluding carboxylic acids is 1. The van der Waals surface area contributed by atoms with Crippen LogP contribution in [0.1, 0.15) is 17.5 Å². The summed E-state index contributed by atoms with van der Waals surface area (Å²) in [6.07, 6.45) is 0.429. The van der Waals surface area contributed by atoms with Crippen LogP contribution in [-0.4, -0.2) is 12.5 Å². The number of halogens is 1. The zero-order valence-electron chi connectivity index (χ0n) is 12.0. The molecule has 0 aromatic heterocycles. The highest BCUT2D eigenvalue weighted by molar-refractivity contribution is 6.30. The first kappa shape index (κ1) is 15.5. The molecule has 0 heterocycles. The number of aryl methyl sites for hydroxylation is 1. The van der Waals surface area contributed by atoms with Gasteiger partial charge in [0.25, 0.3) is 0 Å². The predicted octanol–water partition coefficient (Wildman–Crippen LogP) is 3.77. The highest BCUT2D eigenvalue weighted by Crippen LogP contribution is 2.14. The Morgan fingerprint density at radius 2 is 1.90 bits per heavy atom. The van der Waals surface area contributed by atoms with Crippen molar-refractivity contribution in [1.82, 2.24) is 5.32 Å². The lowest BCUT2D eigenvalue weighted by molar-refractivity contribution is -0.116. The highest BCUT2D eigenvalue weighted by Gasteiger charge is 2.02. The van der Waals surface area contributed by atoms with Crippen LogP contribution in [-0.2, 0) is 11.3 Å². The Bertz CT molecular complexity index is 596. The standard InChI is InChI=1S/C17H19ClN2O/c1-13-5-7-14(8-6-13)12-19-10-9-17(21)20-16-4-2-3-15(18)11-16/h2-8,11,19H,9-10,12H2,1H3,(H,20,21). The van der Waals surface area contributed by atoms with Crippen LogP contribution in [0, 0.1) is 6.92 Å². The van der Waals surface area contributed by atoms with E-state index in [1.807, 2.05) is 12.1 Å². The van der Waals surface area contributed by atoms with E-state index in [9.17, 15) is 4.79 Å². The minimum Gasteiger partial charge on any atom is -0.326 e. The fourth-order valence-electron chi connectivity index (χ4n) is 1.93. The van der Waals surface area contributed by atoms with E-state index >= 15 is 0 Å². The van der Waals surface area contributed by atoms with E-state index in [0.717, 1.165) is 12.2 Å². The van der Waals surface area contributed by atoms with Crippen molar-refractivity contribution in [2.75, 3.05) is 11.9 Å². The first-order valence-electron chi connectivity index (χ1n) is 6.95. The summed E-state index contributed by atoms with van der Waals surface area (Å²) in [5.41, 5.74) is 3.20. The van der Waals surface area contributed by atoms with Gasteiger partial charge in [0.05, 0.1) is 0 Å². The summed E-state index contributed by atoms with van der Waals surface area (Å²) in [6, 6.07) is 15.5. The molecule has 0 fully saturated rings. The van der Waals surface area contributed by atoms with E-state index in [2.05, 4.69) is 41.8 Å². The van der Waals surface area contributed by atoms with Crippen molar-refractivity contribution in [3.05, 3.63) is 64.7 Å². The van der Waals surface area contributed by atoms with Crippen LogP contribution in [0.25, 0.3) is 0 Å². The lowest BCUT2D eigenvalue weighted by Gasteiger charge is -2.07. The summed E-state index contributed by atoms with van der Waals surface area (Å²) in [4.78, 5) is 11.8. The van der Waals surface area contributed by atoms with Gasteiger partial charge < -0.3 is 10.6 Å². The third-order valence-electron chi connectivity index (χ3n) is 3.09. The van der Waals surface area contributed by atoms with E-state index < -0.39 is 0 Å². The Balaban J connectivity index is 1.68. The van der Waals surface area contributed by atoms with Crippen molar-refractivity contribution in [3.63, 3.8) is 0 Å². The summed E-state index contributed by atoms with van der Waals surface area (Å²) in [5.74, 6) is -0.0197. The molecule has 0 radical (unpaired) electrons. The average Bonchev–Trinajstić information content (AvgIpc) is 2.45. The van der Waals surface area contributed by atoms with E-state index in [1.54, 1.807) is 12.1 Å². The molecule has 3 nitrogen and oxygen atoms in total. The van der Waals surface area contributed by atoms with Crippen LogP contribution in [0.4, 0.5) is 5.69 Å². The number of hydrogen-bond donors (Lipinski definition) is 2. The molecule has 0 saturated carbocycles. The van der Waals surface area contributed by atoms with Gasteiger partial charge in [0.1, 0.15) is 0 Å². The maximum atomic E-state index is 11.8. The van der Waals surface area contributed by atoms with Crippen LogP contribution in [0.15, 0.2) is 48.5 Å². The fourth-order valence-corrected chi connectivity index (χ4v) is 2.12. The summed E-state index contributed by atoms with van der Waals surface area (Å²) >= 11 is 5.87. The number of amides is 1. The van der Waals surface area contributed by atoms with Crippen LogP contribution in [0.2, 0.25) is 5.02 Å². The Morgan fingerprint density at radius 3 is 2.62 bits per heavy atom. The van der Waals surface area contributed by atoms with Crippen LogP contribution < -0.4 is 10.6 Å². The zero-order chi connectivity index (χ0) is 15.1. The third kappa shape index (κ3) is 5.58. The molecule has 1 amide bonds. The van der Waals surface area contributed by atoms with Crippen LogP contribution >= 0.6 is 11.6 Å². The Labute approximate surface area is 130 Å². The number of benzene rings is 2. The molecule has 0 aliphatic heterocycles. The van der Waals surface area contributed by atoms with Gasteiger partial charge in [-0.1, -0.05) is 47.5 Å². The van der Waals surface area contributed by atoms with Crippen LogP contribution in [0.3, 0.4) is 0 Å². The lowest BCUT2D eigenvalue weighted by Crippen LogP contribution is -2.21. The van der Waals surface area contributed by atoms with Gasteiger partial charge in [-0.05, 0) is 30.7 Å². The highest BCUT2D eigenvalue weighted by atomic mass is 35.5. The average molecular weight is 303 g/mol. The van der Waals surface area contributed by atoms with Gasteiger partial charge in [-0.3, -0.25) is 4.79 Å². The smallest absolute Gasteiger partial charge is 0.225 e. The number of hydrogen-bond acceptors (Lipinski definition) is 2. The molecular weight excluding hydrogens is 284 g/mol. The van der Waals surface area contributed by atoms with Gasteiger partial charge in [-0.15, -0.1) is 0 Å². The van der Waals surface area contributed by atoms with Gasteiger partial charge in [0.2, 0.25) is 5.91 Å². The summed E-state index contributed by atoms with van der Waals surface area (Å²) < 4.78 is 0. The van der Waals surface area contributed by atoms with Gasteiger partial charge in [-0.2, -0.15) is 0 Å². The van der Waals surface area contributed by atoms with Crippen molar-refractivity contribution in [1.29, 1.82) is 0 Å². The number of rotatable bonds is 6. The molecule has 0 unspecified atom stereocenters. The van der Waals surface area contributed by atoms with E-state index in [4.69, 9.17) is 11.6 Å². The molecule has 0 atom stereocenters. The van der Waals surface area contributed by atoms with Gasteiger partial charge >= 0.3 is 0 Å². The summed E-state index contributed by atoms with van der Waals surface area (Å²) in [5, 5.41) is 6.70. The van der Waals surface area contributed by atoms with Crippen molar-refractivity contribution >= 4 is 23.2 Å². The molecular formula is C17H19ClN2O. The topological polar surface area (TPSA) is 41.1 Å². The minimum absolute atomic E-state index is 0.0197. The van der Waals surface area contributed by atoms with Crippen molar-refractivity contribution in [2.24, 2.45) is 0 Å². The van der Waals surface area contributed by atoms with Crippen LogP contribution in [0.5, 0.6) is 0 Å². The molecule has 2 aromatic carbocycles. The Hall–Kier alpha value is -1.84. The molecule has 0 spiro atoms. The maximum absolute atomic E-state index is 11.8. The molecule has 0 bridgehead atoms. The predicted molar refractivity (Wildman–Crippen MR) is 87.6 cm³/mol. The number of carbonyl (C=O) groups is 1. The molecule has 0 aliphatic carbocycles. The monoisotopic (exact) mass is 302 g/mol. The third-order valence-corrected chi connectivity index (χ3v) is 3.32. The van der Waals surface area contributed by atoms with Gasteiger partial charge in [-0.25, -0.2) is 0 Å². The summed E-state index contributed by atoms with van der Waals surface area (Å²) in [6.45, 7) is 3.47. The van der Waals surface area contributed by atoms with Crippen molar-refractivity contribution in [3.8, 4) is 0 Å². The molecule has 21 heavy (non-hydrogen) atoms. The largest absolute Gasteiger partial charge is 0.326 e. The Kier molecular flexibility index (Phi) is 5.78. The fraction of sp³-hybridized carbons (Fsp3) is 0.235. The molecule has 0 aliphatic rings. The quantitative estimate of drug-likeness (QED) is 0.798. The zero-order valence-corrected chi connectivity index (χ0v) is 12.8. The first-order chi connectivity index (χ1) is 10.1. The molecule has 2 rings (SSSR count).